The molecule has 0 bridgehead atoms. The van der Waals surface area contributed by atoms with Crippen LogP contribution < -0.4 is 0 Å². The van der Waals surface area contributed by atoms with Gasteiger partial charge in [-0.2, -0.15) is 0 Å². The first-order valence-electron chi connectivity index (χ1n) is 5.32. The van der Waals surface area contributed by atoms with Crippen molar-refractivity contribution in [1.82, 2.24) is 4.98 Å². The van der Waals surface area contributed by atoms with Crippen molar-refractivity contribution in [1.29, 1.82) is 0 Å². The normalized spacial score (nSPS) is 10.4. The second-order valence-electron chi connectivity index (χ2n) is 3.72. The molecule has 1 N–H and O–H groups in total. The van der Waals surface area contributed by atoms with Crippen LogP contribution in [0.25, 0.3) is 0 Å². The molecule has 6 heteroatoms. The van der Waals surface area contributed by atoms with Crippen LogP contribution in [0, 0.1) is 11.6 Å². The van der Waals surface area contributed by atoms with Crippen molar-refractivity contribution in [2.45, 2.75) is 10.6 Å². The molecule has 0 aliphatic heterocycles. The first kappa shape index (κ1) is 13.5. The molecule has 3 nitrogen and oxygen atoms in total. The van der Waals surface area contributed by atoms with Gasteiger partial charge in [-0.25, -0.2) is 18.6 Å². The molecule has 0 amide bonds. The molecule has 0 saturated carbocycles. The minimum atomic E-state index is -1.12. The Hall–Kier alpha value is -1.95. The Labute approximate surface area is 112 Å². The zero-order valence-corrected chi connectivity index (χ0v) is 10.5. The second kappa shape index (κ2) is 5.79. The largest absolute Gasteiger partial charge is 0.477 e. The highest BCUT2D eigenvalue weighted by molar-refractivity contribution is 7.98. The highest BCUT2D eigenvalue weighted by Gasteiger charge is 2.08. The zero-order valence-electron chi connectivity index (χ0n) is 9.64. The number of benzene rings is 1. The molecule has 0 aliphatic carbocycles. The van der Waals surface area contributed by atoms with E-state index in [1.54, 1.807) is 6.07 Å². The van der Waals surface area contributed by atoms with E-state index in [9.17, 15) is 13.6 Å². The molecule has 0 unspecified atom stereocenters. The third-order valence-corrected chi connectivity index (χ3v) is 3.43. The van der Waals surface area contributed by atoms with E-state index in [1.165, 1.54) is 12.3 Å². The fourth-order valence-electron chi connectivity index (χ4n) is 1.43. The van der Waals surface area contributed by atoms with Crippen LogP contribution in [0.15, 0.2) is 41.4 Å². The summed E-state index contributed by atoms with van der Waals surface area (Å²) in [6, 6.07) is 6.27. The Kier molecular flexibility index (Phi) is 4.11. The fourth-order valence-corrected chi connectivity index (χ4v) is 2.33. The molecular formula is C13H9F2NO2S. The van der Waals surface area contributed by atoms with Gasteiger partial charge in [-0.15, -0.1) is 11.8 Å². The third-order valence-electron chi connectivity index (χ3n) is 2.33. The van der Waals surface area contributed by atoms with Crippen molar-refractivity contribution >= 4 is 17.7 Å². The molecule has 1 heterocycles. The minimum absolute atomic E-state index is 0.0715. The molecule has 19 heavy (non-hydrogen) atoms. The quantitative estimate of drug-likeness (QED) is 0.873. The van der Waals surface area contributed by atoms with Gasteiger partial charge >= 0.3 is 5.97 Å². The monoisotopic (exact) mass is 281 g/mol. The van der Waals surface area contributed by atoms with Gasteiger partial charge in [-0.1, -0.05) is 0 Å². The van der Waals surface area contributed by atoms with E-state index in [4.69, 9.17) is 5.11 Å². The van der Waals surface area contributed by atoms with E-state index in [1.807, 2.05) is 0 Å². The van der Waals surface area contributed by atoms with Gasteiger partial charge in [-0.3, -0.25) is 0 Å². The minimum Gasteiger partial charge on any atom is -0.477 e. The van der Waals surface area contributed by atoms with Gasteiger partial charge in [0.05, 0.1) is 0 Å². The van der Waals surface area contributed by atoms with Crippen molar-refractivity contribution in [2.24, 2.45) is 0 Å². The van der Waals surface area contributed by atoms with Crippen LogP contribution in [-0.2, 0) is 5.75 Å². The molecule has 0 spiro atoms. The number of hydrogen-bond acceptors (Lipinski definition) is 3. The van der Waals surface area contributed by atoms with Gasteiger partial charge in [0.15, 0.2) is 0 Å². The number of carbonyl (C=O) groups is 1. The number of rotatable bonds is 4. The van der Waals surface area contributed by atoms with Gasteiger partial charge in [0, 0.05) is 16.8 Å². The number of pyridine rings is 1. The first-order chi connectivity index (χ1) is 9.06. The molecule has 0 atom stereocenters. The molecule has 2 aromatic rings. The number of aromatic nitrogens is 1. The molecule has 0 fully saturated rings. The lowest BCUT2D eigenvalue weighted by Crippen LogP contribution is -2.00. The molecular weight excluding hydrogens is 272 g/mol. The molecule has 0 aliphatic rings. The van der Waals surface area contributed by atoms with Crippen LogP contribution in [0.3, 0.4) is 0 Å². The lowest BCUT2D eigenvalue weighted by atomic mass is 10.2. The lowest BCUT2D eigenvalue weighted by molar-refractivity contribution is 0.0690. The van der Waals surface area contributed by atoms with Gasteiger partial charge in [0.2, 0.25) is 0 Å². The number of hydrogen-bond donors (Lipinski definition) is 1. The molecule has 98 valence electrons. The van der Waals surface area contributed by atoms with Crippen LogP contribution in [0.4, 0.5) is 8.78 Å². The molecule has 1 aromatic heterocycles. The highest BCUT2D eigenvalue weighted by Crippen LogP contribution is 2.26. The molecule has 0 radical (unpaired) electrons. The summed E-state index contributed by atoms with van der Waals surface area (Å²) >= 11 is 1.10. The number of carboxylic acids is 1. The average molecular weight is 281 g/mol. The van der Waals surface area contributed by atoms with Crippen LogP contribution in [0.1, 0.15) is 16.1 Å². The van der Waals surface area contributed by atoms with Crippen LogP contribution in [0.2, 0.25) is 0 Å². The second-order valence-corrected chi connectivity index (χ2v) is 4.74. The lowest BCUT2D eigenvalue weighted by Gasteiger charge is -2.04. The maximum atomic E-state index is 13.4. The average Bonchev–Trinajstić information content (AvgIpc) is 2.40. The summed E-state index contributed by atoms with van der Waals surface area (Å²) in [7, 11) is 0. The van der Waals surface area contributed by atoms with E-state index in [2.05, 4.69) is 4.98 Å². The summed E-state index contributed by atoms with van der Waals surface area (Å²) in [5, 5.41) is 8.80. The highest BCUT2D eigenvalue weighted by atomic mass is 32.2. The smallest absolute Gasteiger partial charge is 0.354 e. The number of halogens is 2. The maximum Gasteiger partial charge on any atom is 0.354 e. The topological polar surface area (TPSA) is 50.2 Å². The Morgan fingerprint density at radius 2 is 2.05 bits per heavy atom. The van der Waals surface area contributed by atoms with Crippen LogP contribution >= 0.6 is 11.8 Å². The number of aromatic carboxylic acids is 1. The fraction of sp³-hybridized carbons (Fsp3) is 0.0769. The summed E-state index contributed by atoms with van der Waals surface area (Å²) in [5.74, 6) is -1.80. The van der Waals surface area contributed by atoms with Gasteiger partial charge in [0.1, 0.15) is 17.3 Å². The Balaban J connectivity index is 2.12. The van der Waals surface area contributed by atoms with Gasteiger partial charge < -0.3 is 5.11 Å². The number of carboxylic acid groups (broad SMARTS) is 1. The van der Waals surface area contributed by atoms with Crippen molar-refractivity contribution in [3.8, 4) is 0 Å². The van der Waals surface area contributed by atoms with Crippen LogP contribution in [0.5, 0.6) is 0 Å². The van der Waals surface area contributed by atoms with Gasteiger partial charge in [0.25, 0.3) is 0 Å². The van der Waals surface area contributed by atoms with Crippen molar-refractivity contribution in [3.63, 3.8) is 0 Å². The molecule has 0 saturated heterocycles. The van der Waals surface area contributed by atoms with Crippen LogP contribution in [-0.4, -0.2) is 16.1 Å². The third kappa shape index (κ3) is 3.51. The maximum absolute atomic E-state index is 13.4. The van der Waals surface area contributed by atoms with Gasteiger partial charge in [-0.05, 0) is 35.9 Å². The number of nitrogens with zero attached hydrogens (tertiary/aromatic N) is 1. The summed E-state index contributed by atoms with van der Waals surface area (Å²) in [6.45, 7) is 0. The Bertz CT molecular complexity index is 619. The molecule has 2 rings (SSSR count). The summed E-state index contributed by atoms with van der Waals surface area (Å²) in [4.78, 5) is 14.6. The van der Waals surface area contributed by atoms with Crippen molar-refractivity contribution in [2.75, 3.05) is 0 Å². The van der Waals surface area contributed by atoms with E-state index in [-0.39, 0.29) is 10.6 Å². The molecule has 1 aromatic carbocycles. The van der Waals surface area contributed by atoms with E-state index >= 15 is 0 Å². The van der Waals surface area contributed by atoms with E-state index in [0.717, 1.165) is 30.0 Å². The van der Waals surface area contributed by atoms with E-state index in [0.29, 0.717) is 11.3 Å². The standard InChI is InChI=1S/C13H9F2NO2S/c14-9-1-2-10(15)12(6-9)19-7-8-3-4-16-11(5-8)13(17)18/h1-6H,7H2,(H,17,18). The summed E-state index contributed by atoms with van der Waals surface area (Å²) < 4.78 is 26.4. The van der Waals surface area contributed by atoms with E-state index < -0.39 is 17.6 Å². The Morgan fingerprint density at radius 1 is 1.26 bits per heavy atom. The van der Waals surface area contributed by atoms with Crippen molar-refractivity contribution < 1.29 is 18.7 Å². The predicted molar refractivity (Wildman–Crippen MR) is 67.1 cm³/mol. The van der Waals surface area contributed by atoms with Crippen molar-refractivity contribution in [3.05, 3.63) is 59.4 Å². The first-order valence-corrected chi connectivity index (χ1v) is 6.31. The SMILES string of the molecule is O=C(O)c1cc(CSc2cc(F)ccc2F)ccn1. The zero-order chi connectivity index (χ0) is 13.8. The Morgan fingerprint density at radius 3 is 2.79 bits per heavy atom. The summed E-state index contributed by atoms with van der Waals surface area (Å²) in [6.07, 6.45) is 1.38. The predicted octanol–water partition coefficient (Wildman–Crippen LogP) is 3.35. The number of thioether (sulfide) groups is 1. The summed E-state index contributed by atoms with van der Waals surface area (Å²) in [5.41, 5.74) is 0.610.